The van der Waals surface area contributed by atoms with Crippen LogP contribution in [0.15, 0.2) is 42.5 Å². The van der Waals surface area contributed by atoms with Crippen LogP contribution >= 0.6 is 23.7 Å². The number of anilines is 1. The fourth-order valence-electron chi connectivity index (χ4n) is 3.85. The van der Waals surface area contributed by atoms with Crippen molar-refractivity contribution < 1.29 is 13.9 Å². The van der Waals surface area contributed by atoms with Crippen LogP contribution < -0.4 is 4.90 Å². The molecular weight excluding hydrogens is 467 g/mol. The Morgan fingerprint density at radius 3 is 2.82 bits per heavy atom. The van der Waals surface area contributed by atoms with Crippen molar-refractivity contribution in [2.45, 2.75) is 13.0 Å². The highest BCUT2D eigenvalue weighted by Crippen LogP contribution is 2.30. The maximum Gasteiger partial charge on any atom is 0.250 e. The summed E-state index contributed by atoms with van der Waals surface area (Å²) in [5, 5.41) is 8.86. The minimum Gasteiger partial charge on any atom is -0.379 e. The number of nitrogens with zero attached hydrogens (tertiary/aromatic N) is 6. The molecule has 0 N–H and O–H groups in total. The van der Waals surface area contributed by atoms with Gasteiger partial charge in [0.15, 0.2) is 5.13 Å². The third-order valence-corrected chi connectivity index (χ3v) is 6.58. The summed E-state index contributed by atoms with van der Waals surface area (Å²) in [6.07, 6.45) is 0.800. The third-order valence-electron chi connectivity index (χ3n) is 5.54. The van der Waals surface area contributed by atoms with Gasteiger partial charge >= 0.3 is 0 Å². The predicted molar refractivity (Wildman–Crippen MR) is 129 cm³/mol. The van der Waals surface area contributed by atoms with E-state index < -0.39 is 0 Å². The molecule has 8 nitrogen and oxygen atoms in total. The summed E-state index contributed by atoms with van der Waals surface area (Å²) in [6.45, 7) is 4.74. The van der Waals surface area contributed by atoms with Crippen LogP contribution in [0.25, 0.3) is 21.3 Å². The van der Waals surface area contributed by atoms with E-state index in [4.69, 9.17) is 4.74 Å². The molecule has 5 rings (SSSR count). The lowest BCUT2D eigenvalue weighted by molar-refractivity contribution is -0.119. The van der Waals surface area contributed by atoms with Crippen LogP contribution in [0.5, 0.6) is 0 Å². The Labute approximate surface area is 200 Å². The molecule has 0 aliphatic carbocycles. The number of halogens is 2. The van der Waals surface area contributed by atoms with E-state index in [0.29, 0.717) is 17.2 Å². The summed E-state index contributed by atoms with van der Waals surface area (Å²) in [5.41, 5.74) is 2.23. The van der Waals surface area contributed by atoms with Crippen LogP contribution in [0.2, 0.25) is 0 Å². The van der Waals surface area contributed by atoms with Crippen molar-refractivity contribution in [3.8, 4) is 0 Å². The minimum absolute atomic E-state index is 0. The zero-order valence-corrected chi connectivity index (χ0v) is 19.5. The Kier molecular flexibility index (Phi) is 7.49. The van der Waals surface area contributed by atoms with Crippen LogP contribution in [-0.4, -0.2) is 70.2 Å². The van der Waals surface area contributed by atoms with Crippen molar-refractivity contribution in [3.05, 3.63) is 48.3 Å². The van der Waals surface area contributed by atoms with Crippen molar-refractivity contribution in [1.29, 1.82) is 0 Å². The van der Waals surface area contributed by atoms with E-state index in [-0.39, 0.29) is 30.7 Å². The number of rotatable bonds is 7. The average Bonchev–Trinajstić information content (AvgIpc) is 3.41. The molecule has 2 aromatic heterocycles. The number of carbonyl (C=O) groups is 1. The lowest BCUT2D eigenvalue weighted by Crippen LogP contribution is -2.40. The first-order chi connectivity index (χ1) is 15.7. The van der Waals surface area contributed by atoms with Crippen molar-refractivity contribution in [2.24, 2.45) is 0 Å². The quantitative estimate of drug-likeness (QED) is 0.395. The number of fused-ring (bicyclic) bond motifs is 2. The molecule has 11 heteroatoms. The molecule has 0 spiro atoms. The zero-order valence-electron chi connectivity index (χ0n) is 17.9. The highest BCUT2D eigenvalue weighted by Gasteiger charge is 2.22. The SMILES string of the molecule is Cl.O=C(Cn1nnc2ccccc21)N(CCCN1CCOCC1)c1nc2ccc(F)cc2s1. The Morgan fingerprint density at radius 2 is 1.97 bits per heavy atom. The Morgan fingerprint density at radius 1 is 1.15 bits per heavy atom. The number of amides is 1. The number of carbonyl (C=O) groups excluding carboxylic acids is 1. The largest absolute Gasteiger partial charge is 0.379 e. The Balaban J connectivity index is 0.00000259. The number of morpholine rings is 1. The van der Waals surface area contributed by atoms with E-state index in [1.165, 1.54) is 23.5 Å². The molecule has 33 heavy (non-hydrogen) atoms. The van der Waals surface area contributed by atoms with E-state index in [9.17, 15) is 9.18 Å². The summed E-state index contributed by atoms with van der Waals surface area (Å²) in [6, 6.07) is 12.0. The van der Waals surface area contributed by atoms with Gasteiger partial charge in [0, 0.05) is 26.2 Å². The Bertz CT molecular complexity index is 1240. The van der Waals surface area contributed by atoms with E-state index >= 15 is 0 Å². The van der Waals surface area contributed by atoms with Crippen LogP contribution in [0.1, 0.15) is 6.42 Å². The monoisotopic (exact) mass is 490 g/mol. The van der Waals surface area contributed by atoms with E-state index in [1.54, 1.807) is 15.6 Å². The fourth-order valence-corrected chi connectivity index (χ4v) is 4.89. The molecule has 1 aliphatic heterocycles. The van der Waals surface area contributed by atoms with Gasteiger partial charge in [-0.3, -0.25) is 14.6 Å². The van der Waals surface area contributed by atoms with E-state index in [2.05, 4.69) is 20.2 Å². The number of hydrogen-bond donors (Lipinski definition) is 0. The first kappa shape index (κ1) is 23.5. The van der Waals surface area contributed by atoms with Crippen molar-refractivity contribution >= 4 is 56.0 Å². The number of para-hydroxylation sites is 1. The molecule has 0 unspecified atom stereocenters. The van der Waals surface area contributed by atoms with Crippen molar-refractivity contribution in [1.82, 2.24) is 24.9 Å². The topological polar surface area (TPSA) is 76.4 Å². The summed E-state index contributed by atoms with van der Waals surface area (Å²) in [4.78, 5) is 22.0. The summed E-state index contributed by atoms with van der Waals surface area (Å²) >= 11 is 1.33. The van der Waals surface area contributed by atoms with Crippen LogP contribution in [0, 0.1) is 5.82 Å². The highest BCUT2D eigenvalue weighted by molar-refractivity contribution is 7.22. The molecule has 0 atom stereocenters. The molecule has 3 heterocycles. The van der Waals surface area contributed by atoms with Gasteiger partial charge in [-0.25, -0.2) is 14.1 Å². The second-order valence-corrected chi connectivity index (χ2v) is 8.71. The standard InChI is InChI=1S/C22H23FN6O2S.ClH/c23-16-6-7-18-20(14-16)32-22(24-18)28(9-3-8-27-10-12-31-13-11-27)21(30)15-29-19-5-2-1-4-17(19)25-26-29;/h1-2,4-7,14H,3,8-13,15H2;1H. The molecule has 0 bridgehead atoms. The van der Waals surface area contributed by atoms with Gasteiger partial charge in [-0.15, -0.1) is 17.5 Å². The van der Waals surface area contributed by atoms with Gasteiger partial charge < -0.3 is 4.74 Å². The number of hydrogen-bond acceptors (Lipinski definition) is 7. The van der Waals surface area contributed by atoms with Crippen molar-refractivity contribution in [3.63, 3.8) is 0 Å². The van der Waals surface area contributed by atoms with Gasteiger partial charge in [-0.2, -0.15) is 0 Å². The van der Waals surface area contributed by atoms with E-state index in [1.807, 2.05) is 24.3 Å². The average molecular weight is 491 g/mol. The lowest BCUT2D eigenvalue weighted by atomic mass is 10.3. The molecule has 0 radical (unpaired) electrons. The van der Waals surface area contributed by atoms with Gasteiger partial charge in [0.25, 0.3) is 5.91 Å². The first-order valence-electron chi connectivity index (χ1n) is 10.6. The Hall–Kier alpha value is -2.66. The van der Waals surface area contributed by atoms with Crippen LogP contribution in [-0.2, 0) is 16.1 Å². The molecule has 4 aromatic rings. The molecule has 174 valence electrons. The number of aromatic nitrogens is 4. The predicted octanol–water partition coefficient (Wildman–Crippen LogP) is 3.36. The maximum absolute atomic E-state index is 13.7. The van der Waals surface area contributed by atoms with Crippen LogP contribution in [0.3, 0.4) is 0 Å². The van der Waals surface area contributed by atoms with Gasteiger partial charge in [0.1, 0.15) is 17.9 Å². The van der Waals surface area contributed by atoms with Crippen LogP contribution in [0.4, 0.5) is 9.52 Å². The highest BCUT2D eigenvalue weighted by atomic mass is 35.5. The lowest BCUT2D eigenvalue weighted by Gasteiger charge is -2.27. The molecule has 1 fully saturated rings. The fraction of sp³-hybridized carbons (Fsp3) is 0.364. The second-order valence-electron chi connectivity index (χ2n) is 7.70. The minimum atomic E-state index is -0.313. The van der Waals surface area contributed by atoms with Crippen molar-refractivity contribution in [2.75, 3.05) is 44.3 Å². The van der Waals surface area contributed by atoms with Gasteiger partial charge in [-0.05, 0) is 36.8 Å². The zero-order chi connectivity index (χ0) is 21.9. The number of ether oxygens (including phenoxy) is 1. The number of benzene rings is 2. The molecule has 1 aliphatic rings. The van der Waals surface area contributed by atoms with Gasteiger partial charge in [0.2, 0.25) is 0 Å². The summed E-state index contributed by atoms with van der Waals surface area (Å²) < 4.78 is 21.4. The summed E-state index contributed by atoms with van der Waals surface area (Å²) in [5.74, 6) is -0.436. The second kappa shape index (κ2) is 10.5. The molecular formula is C22H24ClFN6O2S. The molecule has 0 saturated carbocycles. The van der Waals surface area contributed by atoms with E-state index in [0.717, 1.165) is 55.0 Å². The first-order valence-corrected chi connectivity index (χ1v) is 11.4. The summed E-state index contributed by atoms with van der Waals surface area (Å²) in [7, 11) is 0. The van der Waals surface area contributed by atoms with Gasteiger partial charge in [0.05, 0.1) is 28.9 Å². The van der Waals surface area contributed by atoms with Gasteiger partial charge in [-0.1, -0.05) is 28.7 Å². The molecule has 1 saturated heterocycles. The molecule has 2 aromatic carbocycles. The normalized spacial score (nSPS) is 14.5. The maximum atomic E-state index is 13.7. The third kappa shape index (κ3) is 5.30. The number of thiazole rings is 1. The smallest absolute Gasteiger partial charge is 0.250 e. The molecule has 1 amide bonds.